The minimum Gasteiger partial charge on any atom is -0.339 e. The van der Waals surface area contributed by atoms with Gasteiger partial charge in [0.15, 0.2) is 0 Å². The van der Waals surface area contributed by atoms with E-state index in [1.807, 2.05) is 0 Å². The van der Waals surface area contributed by atoms with Crippen LogP contribution < -0.4 is 5.32 Å². The Morgan fingerprint density at radius 3 is 2.43 bits per heavy atom. The van der Waals surface area contributed by atoms with Crippen molar-refractivity contribution in [1.82, 2.24) is 5.32 Å². The second-order valence-electron chi connectivity index (χ2n) is 1.41. The van der Waals surface area contributed by atoms with Gasteiger partial charge in [-0.15, -0.1) is 0 Å². The molecule has 7 heavy (non-hydrogen) atoms. The maximum absolute atomic E-state index is 8.62. The van der Waals surface area contributed by atoms with Crippen LogP contribution in [0.2, 0.25) is 0 Å². The zero-order valence-electron chi connectivity index (χ0n) is 3.97. The molecule has 0 radical (unpaired) electrons. The molecule has 1 heterocycles. The van der Waals surface area contributed by atoms with Gasteiger partial charge in [0.05, 0.1) is 6.54 Å². The van der Waals surface area contributed by atoms with E-state index in [0.717, 1.165) is 0 Å². The van der Waals surface area contributed by atoms with Crippen LogP contribution in [0.3, 0.4) is 0 Å². The summed E-state index contributed by atoms with van der Waals surface area (Å²) >= 11 is 0. The fourth-order valence-electron chi connectivity index (χ4n) is 0.330. The molecule has 4 nitrogen and oxygen atoms in total. The number of rotatable bonds is 2. The fourth-order valence-corrected chi connectivity index (χ4v) is 0.330. The van der Waals surface area contributed by atoms with Gasteiger partial charge in [0.1, 0.15) is 0 Å². The Labute approximate surface area is 41.0 Å². The summed E-state index contributed by atoms with van der Waals surface area (Å²) in [7, 11) is 1.70. The van der Waals surface area contributed by atoms with E-state index in [0.29, 0.717) is 6.54 Å². The molecule has 0 aliphatic carbocycles. The molecule has 42 valence electrons. The first-order valence-electron chi connectivity index (χ1n) is 2.01. The SMILES string of the molecule is CNCC1(O)OO1. The van der Waals surface area contributed by atoms with Gasteiger partial charge in [-0.1, -0.05) is 0 Å². The minimum atomic E-state index is -1.31. The van der Waals surface area contributed by atoms with E-state index in [1.54, 1.807) is 7.05 Å². The van der Waals surface area contributed by atoms with Crippen LogP contribution in [0, 0.1) is 0 Å². The summed E-state index contributed by atoms with van der Waals surface area (Å²) in [6, 6.07) is 0. The predicted molar refractivity (Wildman–Crippen MR) is 21.0 cm³/mol. The summed E-state index contributed by atoms with van der Waals surface area (Å²) in [5.74, 6) is -1.31. The van der Waals surface area contributed by atoms with Crippen LogP contribution in [0.5, 0.6) is 0 Å². The van der Waals surface area contributed by atoms with Crippen molar-refractivity contribution in [3.8, 4) is 0 Å². The van der Waals surface area contributed by atoms with Gasteiger partial charge >= 0.3 is 5.97 Å². The molecule has 0 bridgehead atoms. The third-order valence-electron chi connectivity index (χ3n) is 0.676. The Balaban J connectivity index is 2.13. The third kappa shape index (κ3) is 1.10. The summed E-state index contributed by atoms with van der Waals surface area (Å²) in [6.45, 7) is 0.312. The highest BCUT2D eigenvalue weighted by Gasteiger charge is 2.46. The molecule has 4 heteroatoms. The molecule has 1 aliphatic heterocycles. The van der Waals surface area contributed by atoms with Crippen molar-refractivity contribution >= 4 is 0 Å². The number of hydrogen-bond donors (Lipinski definition) is 2. The maximum Gasteiger partial charge on any atom is 0.350 e. The van der Waals surface area contributed by atoms with Crippen molar-refractivity contribution in [2.24, 2.45) is 0 Å². The monoisotopic (exact) mass is 105 g/mol. The van der Waals surface area contributed by atoms with Crippen LogP contribution in [-0.2, 0) is 9.78 Å². The van der Waals surface area contributed by atoms with Crippen LogP contribution in [-0.4, -0.2) is 24.7 Å². The van der Waals surface area contributed by atoms with Gasteiger partial charge in [0.25, 0.3) is 0 Å². The number of nitrogens with one attached hydrogen (secondary N) is 1. The number of aliphatic hydroxyl groups is 1. The Hall–Kier alpha value is -0.160. The first kappa shape index (κ1) is 4.99. The quantitative estimate of drug-likeness (QED) is 0.342. The van der Waals surface area contributed by atoms with Crippen molar-refractivity contribution in [1.29, 1.82) is 0 Å². The number of hydrogen-bond acceptors (Lipinski definition) is 4. The Bertz CT molecular complexity index is 70.6. The molecule has 2 N–H and O–H groups in total. The molecular weight excluding hydrogens is 98.0 g/mol. The van der Waals surface area contributed by atoms with E-state index >= 15 is 0 Å². The van der Waals surface area contributed by atoms with Crippen LogP contribution in [0.4, 0.5) is 0 Å². The molecule has 0 aromatic rings. The second-order valence-corrected chi connectivity index (χ2v) is 1.41. The van der Waals surface area contributed by atoms with E-state index in [4.69, 9.17) is 5.11 Å². The molecule has 0 aromatic carbocycles. The average molecular weight is 105 g/mol. The molecule has 0 unspecified atom stereocenters. The number of likely N-dealkylation sites (N-methyl/N-ethyl adjacent to an activating group) is 1. The summed E-state index contributed by atoms with van der Waals surface area (Å²) in [6.07, 6.45) is 0. The Morgan fingerprint density at radius 1 is 1.71 bits per heavy atom. The van der Waals surface area contributed by atoms with Gasteiger partial charge in [0, 0.05) is 0 Å². The Kier molecular flexibility index (Phi) is 1.01. The van der Waals surface area contributed by atoms with Gasteiger partial charge in [-0.05, 0) is 7.05 Å². The minimum absolute atomic E-state index is 0.312. The summed E-state index contributed by atoms with van der Waals surface area (Å²) in [4.78, 5) is 8.26. The highest BCUT2D eigenvalue weighted by molar-refractivity contribution is 4.58. The van der Waals surface area contributed by atoms with Gasteiger partial charge in [-0.2, -0.15) is 9.78 Å². The normalized spacial score (nSPS) is 24.9. The van der Waals surface area contributed by atoms with Crippen LogP contribution in [0.25, 0.3) is 0 Å². The van der Waals surface area contributed by atoms with Gasteiger partial charge in [0.2, 0.25) is 0 Å². The fraction of sp³-hybridized carbons (Fsp3) is 1.00. The molecule has 1 saturated heterocycles. The Morgan fingerprint density at radius 2 is 2.29 bits per heavy atom. The van der Waals surface area contributed by atoms with Crippen molar-refractivity contribution in [2.45, 2.75) is 5.97 Å². The predicted octanol–water partition coefficient (Wildman–Crippen LogP) is -1.19. The smallest absolute Gasteiger partial charge is 0.339 e. The highest BCUT2D eigenvalue weighted by Crippen LogP contribution is 2.23. The van der Waals surface area contributed by atoms with Gasteiger partial charge in [-0.3, -0.25) is 0 Å². The van der Waals surface area contributed by atoms with Gasteiger partial charge in [-0.25, -0.2) is 0 Å². The third-order valence-corrected chi connectivity index (χ3v) is 0.676. The molecule has 0 spiro atoms. The van der Waals surface area contributed by atoms with Crippen molar-refractivity contribution in [2.75, 3.05) is 13.6 Å². The lowest BCUT2D eigenvalue weighted by molar-refractivity contribution is 0.0327. The largest absolute Gasteiger partial charge is 0.350 e. The van der Waals surface area contributed by atoms with Crippen molar-refractivity contribution in [3.63, 3.8) is 0 Å². The maximum atomic E-state index is 8.62. The van der Waals surface area contributed by atoms with Gasteiger partial charge < -0.3 is 10.4 Å². The first-order chi connectivity index (χ1) is 3.27. The molecule has 1 aliphatic rings. The zero-order valence-corrected chi connectivity index (χ0v) is 3.97. The molecule has 0 amide bonds. The van der Waals surface area contributed by atoms with Crippen LogP contribution >= 0.6 is 0 Å². The van der Waals surface area contributed by atoms with E-state index < -0.39 is 5.97 Å². The second kappa shape index (κ2) is 1.41. The van der Waals surface area contributed by atoms with E-state index in [2.05, 4.69) is 15.1 Å². The molecule has 0 saturated carbocycles. The molecule has 0 atom stereocenters. The van der Waals surface area contributed by atoms with E-state index in [9.17, 15) is 0 Å². The van der Waals surface area contributed by atoms with E-state index in [-0.39, 0.29) is 0 Å². The molecule has 1 rings (SSSR count). The molecular formula is C3H7NO3. The molecule has 0 aromatic heterocycles. The highest BCUT2D eigenvalue weighted by atomic mass is 17.4. The standard InChI is InChI=1S/C3H7NO3/c1-4-2-3(5)6-7-3/h4-5H,2H2,1H3. The molecule has 1 fully saturated rings. The van der Waals surface area contributed by atoms with Crippen LogP contribution in [0.1, 0.15) is 0 Å². The van der Waals surface area contributed by atoms with Crippen LogP contribution in [0.15, 0.2) is 0 Å². The zero-order chi connectivity index (χ0) is 5.33. The summed E-state index contributed by atoms with van der Waals surface area (Å²) in [5, 5.41) is 11.3. The lowest BCUT2D eigenvalue weighted by Gasteiger charge is -1.92. The summed E-state index contributed by atoms with van der Waals surface area (Å²) in [5.41, 5.74) is 0. The topological polar surface area (TPSA) is 57.3 Å². The van der Waals surface area contributed by atoms with Crippen molar-refractivity contribution < 1.29 is 14.9 Å². The van der Waals surface area contributed by atoms with E-state index in [1.165, 1.54) is 0 Å². The van der Waals surface area contributed by atoms with Crippen molar-refractivity contribution in [3.05, 3.63) is 0 Å². The summed E-state index contributed by atoms with van der Waals surface area (Å²) < 4.78 is 0. The average Bonchev–Trinajstić information content (AvgIpc) is 2.22. The first-order valence-corrected chi connectivity index (χ1v) is 2.01. The lowest BCUT2D eigenvalue weighted by atomic mass is 10.6. The lowest BCUT2D eigenvalue weighted by Crippen LogP contribution is -2.25.